The summed E-state index contributed by atoms with van der Waals surface area (Å²) in [5, 5.41) is 19.6. The highest BCUT2D eigenvalue weighted by molar-refractivity contribution is 5.94. The number of rotatable bonds is 3. The Labute approximate surface area is 114 Å². The van der Waals surface area contributed by atoms with Crippen LogP contribution in [0.5, 0.6) is 0 Å². The number of hydrogen-bond acceptors (Lipinski definition) is 6. The Bertz CT molecular complexity index is 785. The molecule has 0 amide bonds. The molecule has 0 fully saturated rings. The molecule has 1 heterocycles. The van der Waals surface area contributed by atoms with Crippen molar-refractivity contribution in [3.8, 4) is 6.07 Å². The lowest BCUT2D eigenvalue weighted by atomic mass is 10.1. The maximum Gasteiger partial charge on any atom is 0.160 e. The number of anilines is 2. The second-order valence-corrected chi connectivity index (χ2v) is 4.33. The average molecular weight is 265 g/mol. The van der Waals surface area contributed by atoms with Gasteiger partial charge < -0.3 is 11.1 Å². The minimum absolute atomic E-state index is 0.533. The van der Waals surface area contributed by atoms with E-state index in [0.717, 1.165) is 11.3 Å². The standard InChI is InChI=1S/C14H11N5O/c15-7-9-1-3-10(4-2-9)8-17-12-6-5-11(16)13-14(12)19-20-18-13/h1-6,17H,8,16H2. The van der Waals surface area contributed by atoms with Gasteiger partial charge in [-0.05, 0) is 40.1 Å². The Morgan fingerprint density at radius 2 is 1.85 bits per heavy atom. The van der Waals surface area contributed by atoms with Crippen LogP contribution in [0.15, 0.2) is 41.0 Å². The maximum absolute atomic E-state index is 8.75. The molecule has 98 valence electrons. The summed E-state index contributed by atoms with van der Waals surface area (Å²) < 4.78 is 4.71. The molecule has 0 bridgehead atoms. The molecule has 0 atom stereocenters. The van der Waals surface area contributed by atoms with Gasteiger partial charge in [0.05, 0.1) is 23.0 Å². The summed E-state index contributed by atoms with van der Waals surface area (Å²) in [6.07, 6.45) is 0. The molecular formula is C14H11N5O. The molecule has 3 N–H and O–H groups in total. The topological polar surface area (TPSA) is 101 Å². The Morgan fingerprint density at radius 1 is 1.10 bits per heavy atom. The van der Waals surface area contributed by atoms with Crippen molar-refractivity contribution >= 4 is 22.4 Å². The van der Waals surface area contributed by atoms with Gasteiger partial charge in [-0.3, -0.25) is 0 Å². The van der Waals surface area contributed by atoms with Crippen molar-refractivity contribution in [2.24, 2.45) is 0 Å². The fraction of sp³-hybridized carbons (Fsp3) is 0.0714. The fourth-order valence-corrected chi connectivity index (χ4v) is 1.92. The molecule has 0 aliphatic rings. The summed E-state index contributed by atoms with van der Waals surface area (Å²) in [5.41, 5.74) is 9.99. The highest BCUT2D eigenvalue weighted by atomic mass is 16.6. The summed E-state index contributed by atoms with van der Waals surface area (Å²) in [6, 6.07) is 13.1. The second-order valence-electron chi connectivity index (χ2n) is 4.33. The molecule has 3 aromatic rings. The Hall–Kier alpha value is -3.07. The number of fused-ring (bicyclic) bond motifs is 1. The molecule has 0 saturated carbocycles. The van der Waals surface area contributed by atoms with E-state index in [1.54, 1.807) is 18.2 Å². The molecule has 0 radical (unpaired) electrons. The van der Waals surface area contributed by atoms with E-state index in [4.69, 9.17) is 15.6 Å². The molecule has 0 aliphatic heterocycles. The minimum Gasteiger partial charge on any atom is -0.397 e. The third-order valence-corrected chi connectivity index (χ3v) is 3.01. The van der Waals surface area contributed by atoms with Crippen LogP contribution < -0.4 is 11.1 Å². The zero-order chi connectivity index (χ0) is 13.9. The van der Waals surface area contributed by atoms with Gasteiger partial charge >= 0.3 is 0 Å². The first kappa shape index (κ1) is 12.0. The van der Waals surface area contributed by atoms with Crippen LogP contribution in [-0.4, -0.2) is 10.3 Å². The van der Waals surface area contributed by atoms with E-state index < -0.39 is 0 Å². The maximum atomic E-state index is 8.75. The lowest BCUT2D eigenvalue weighted by molar-refractivity contribution is 0.316. The normalized spacial score (nSPS) is 10.3. The number of nitrogens with one attached hydrogen (secondary N) is 1. The molecule has 0 aliphatic carbocycles. The van der Waals surface area contributed by atoms with Gasteiger partial charge in [-0.25, -0.2) is 4.63 Å². The van der Waals surface area contributed by atoms with Crippen molar-refractivity contribution in [2.45, 2.75) is 6.54 Å². The van der Waals surface area contributed by atoms with Crippen LogP contribution in [0.25, 0.3) is 11.0 Å². The average Bonchev–Trinajstić information content (AvgIpc) is 2.98. The van der Waals surface area contributed by atoms with Crippen molar-refractivity contribution in [1.82, 2.24) is 10.3 Å². The minimum atomic E-state index is 0.533. The number of nitrogens with two attached hydrogens (primary N) is 1. The van der Waals surface area contributed by atoms with Gasteiger partial charge in [-0.15, -0.1) is 0 Å². The van der Waals surface area contributed by atoms with E-state index in [-0.39, 0.29) is 0 Å². The summed E-state index contributed by atoms with van der Waals surface area (Å²) in [6.45, 7) is 0.609. The van der Waals surface area contributed by atoms with Crippen molar-refractivity contribution in [3.05, 3.63) is 47.5 Å². The molecule has 3 rings (SSSR count). The molecular weight excluding hydrogens is 254 g/mol. The molecule has 1 aromatic heterocycles. The smallest absolute Gasteiger partial charge is 0.160 e. The summed E-state index contributed by atoms with van der Waals surface area (Å²) in [5.74, 6) is 0. The number of nitrogens with zero attached hydrogens (tertiary/aromatic N) is 3. The fourth-order valence-electron chi connectivity index (χ4n) is 1.92. The molecule has 0 saturated heterocycles. The number of hydrogen-bond donors (Lipinski definition) is 2. The number of aromatic nitrogens is 2. The highest BCUT2D eigenvalue weighted by Gasteiger charge is 2.09. The lowest BCUT2D eigenvalue weighted by Gasteiger charge is -2.07. The van der Waals surface area contributed by atoms with E-state index in [1.165, 1.54) is 0 Å². The largest absolute Gasteiger partial charge is 0.397 e. The molecule has 6 nitrogen and oxygen atoms in total. The predicted molar refractivity (Wildman–Crippen MR) is 74.7 cm³/mol. The van der Waals surface area contributed by atoms with E-state index in [1.807, 2.05) is 18.2 Å². The third kappa shape index (κ3) is 2.12. The van der Waals surface area contributed by atoms with Gasteiger partial charge in [0.2, 0.25) is 0 Å². The van der Waals surface area contributed by atoms with Crippen molar-refractivity contribution in [1.29, 1.82) is 5.26 Å². The molecule has 0 spiro atoms. The molecule has 0 unspecified atom stereocenters. The van der Waals surface area contributed by atoms with Crippen molar-refractivity contribution in [3.63, 3.8) is 0 Å². The van der Waals surface area contributed by atoms with Gasteiger partial charge in [0.25, 0.3) is 0 Å². The van der Waals surface area contributed by atoms with E-state index in [9.17, 15) is 0 Å². The van der Waals surface area contributed by atoms with Crippen LogP contribution in [0.3, 0.4) is 0 Å². The second kappa shape index (κ2) is 4.90. The predicted octanol–water partition coefficient (Wildman–Crippen LogP) is 2.29. The number of benzene rings is 2. The molecule has 2 aromatic carbocycles. The zero-order valence-electron chi connectivity index (χ0n) is 10.5. The monoisotopic (exact) mass is 265 g/mol. The van der Waals surface area contributed by atoms with Crippen LogP contribution in [0.2, 0.25) is 0 Å². The van der Waals surface area contributed by atoms with Gasteiger partial charge in [0, 0.05) is 6.54 Å². The van der Waals surface area contributed by atoms with E-state index in [0.29, 0.717) is 28.8 Å². The summed E-state index contributed by atoms with van der Waals surface area (Å²) >= 11 is 0. The first-order chi connectivity index (χ1) is 9.78. The van der Waals surface area contributed by atoms with Crippen LogP contribution in [0, 0.1) is 11.3 Å². The zero-order valence-corrected chi connectivity index (χ0v) is 10.5. The van der Waals surface area contributed by atoms with E-state index in [2.05, 4.69) is 21.7 Å². The Balaban J connectivity index is 1.81. The number of nitriles is 1. The van der Waals surface area contributed by atoms with Crippen molar-refractivity contribution < 1.29 is 4.63 Å². The molecule has 20 heavy (non-hydrogen) atoms. The van der Waals surface area contributed by atoms with Crippen LogP contribution >= 0.6 is 0 Å². The van der Waals surface area contributed by atoms with Gasteiger partial charge in [0.15, 0.2) is 11.0 Å². The van der Waals surface area contributed by atoms with Gasteiger partial charge in [-0.2, -0.15) is 5.26 Å². The van der Waals surface area contributed by atoms with Crippen molar-refractivity contribution in [2.75, 3.05) is 11.1 Å². The Morgan fingerprint density at radius 3 is 2.60 bits per heavy atom. The summed E-state index contributed by atoms with van der Waals surface area (Å²) in [7, 11) is 0. The van der Waals surface area contributed by atoms with Crippen LogP contribution in [-0.2, 0) is 6.54 Å². The summed E-state index contributed by atoms with van der Waals surface area (Å²) in [4.78, 5) is 0. The van der Waals surface area contributed by atoms with E-state index >= 15 is 0 Å². The first-order valence-electron chi connectivity index (χ1n) is 6.01. The van der Waals surface area contributed by atoms with Crippen LogP contribution in [0.1, 0.15) is 11.1 Å². The Kier molecular flexibility index (Phi) is 2.94. The third-order valence-electron chi connectivity index (χ3n) is 3.01. The quantitative estimate of drug-likeness (QED) is 0.704. The SMILES string of the molecule is N#Cc1ccc(CNc2ccc(N)c3nonc23)cc1. The first-order valence-corrected chi connectivity index (χ1v) is 6.01. The number of nitrogen functional groups attached to an aromatic ring is 1. The lowest BCUT2D eigenvalue weighted by Crippen LogP contribution is -2.00. The van der Waals surface area contributed by atoms with Gasteiger partial charge in [-0.1, -0.05) is 12.1 Å². The van der Waals surface area contributed by atoms with Crippen LogP contribution in [0.4, 0.5) is 11.4 Å². The van der Waals surface area contributed by atoms with Gasteiger partial charge in [0.1, 0.15) is 0 Å². The highest BCUT2D eigenvalue weighted by Crippen LogP contribution is 2.25. The molecule has 6 heteroatoms.